The predicted molar refractivity (Wildman–Crippen MR) is 99.7 cm³/mol. The van der Waals surface area contributed by atoms with Gasteiger partial charge in [0.2, 0.25) is 5.17 Å². The van der Waals surface area contributed by atoms with Crippen molar-refractivity contribution in [1.82, 2.24) is 5.43 Å². The van der Waals surface area contributed by atoms with Crippen LogP contribution in [-0.2, 0) is 4.79 Å². The van der Waals surface area contributed by atoms with Gasteiger partial charge in [-0.2, -0.15) is 0 Å². The number of fused-ring (bicyclic) bond motifs is 1. The zero-order chi connectivity index (χ0) is 16.9. The Bertz CT molecular complexity index is 817. The van der Waals surface area contributed by atoms with Crippen LogP contribution in [0.4, 0.5) is 0 Å². The lowest BCUT2D eigenvalue weighted by Crippen LogP contribution is -2.34. The molecular weight excluding hydrogens is 322 g/mol. The zero-order valence-corrected chi connectivity index (χ0v) is 14.2. The van der Waals surface area contributed by atoms with Crippen molar-refractivity contribution in [2.75, 3.05) is 0 Å². The molecule has 1 heterocycles. The van der Waals surface area contributed by atoms with Crippen LogP contribution in [0.3, 0.4) is 0 Å². The Morgan fingerprint density at radius 2 is 2.17 bits per heavy atom. The molecule has 24 heavy (non-hydrogen) atoms. The third-order valence-electron chi connectivity index (χ3n) is 3.87. The zero-order valence-electron chi connectivity index (χ0n) is 13.4. The molecule has 3 rings (SSSR count). The number of unbranched alkanes of at least 4 members (excludes halogenated alkanes) is 1. The van der Waals surface area contributed by atoms with Crippen LogP contribution >= 0.6 is 11.8 Å². The van der Waals surface area contributed by atoms with Crippen LogP contribution in [-0.4, -0.2) is 27.6 Å². The van der Waals surface area contributed by atoms with Gasteiger partial charge in [-0.3, -0.25) is 4.79 Å². The molecule has 2 aromatic carbocycles. The van der Waals surface area contributed by atoms with Crippen LogP contribution in [0.5, 0.6) is 5.75 Å². The maximum Gasteiger partial charge on any atom is 0.253 e. The highest BCUT2D eigenvalue weighted by Gasteiger charge is 2.24. The van der Waals surface area contributed by atoms with Gasteiger partial charge in [-0.15, -0.1) is 5.10 Å². The highest BCUT2D eigenvalue weighted by Crippen LogP contribution is 2.27. The van der Waals surface area contributed by atoms with E-state index in [1.165, 1.54) is 11.8 Å². The van der Waals surface area contributed by atoms with Crippen molar-refractivity contribution in [3.05, 3.63) is 42.0 Å². The first-order valence-electron chi connectivity index (χ1n) is 7.98. The fourth-order valence-electron chi connectivity index (χ4n) is 2.56. The maximum atomic E-state index is 11.8. The van der Waals surface area contributed by atoms with Gasteiger partial charge >= 0.3 is 0 Å². The summed E-state index contributed by atoms with van der Waals surface area (Å²) in [6.07, 6.45) is 4.45. The molecule has 6 heteroatoms. The van der Waals surface area contributed by atoms with Crippen LogP contribution in [0, 0.1) is 0 Å². The monoisotopic (exact) mass is 341 g/mol. The van der Waals surface area contributed by atoms with Gasteiger partial charge in [0.05, 0.1) is 5.25 Å². The number of carbonyl (C=O) groups excluding carboxylic acids is 1. The summed E-state index contributed by atoms with van der Waals surface area (Å²) in [6, 6.07) is 11.3. The van der Waals surface area contributed by atoms with Gasteiger partial charge in [-0.05, 0) is 23.3 Å². The van der Waals surface area contributed by atoms with Crippen molar-refractivity contribution in [3.8, 4) is 5.75 Å². The fourth-order valence-corrected chi connectivity index (χ4v) is 3.47. The maximum absolute atomic E-state index is 11.8. The molecule has 1 amide bonds. The average Bonchev–Trinajstić information content (AvgIpc) is 2.61. The number of phenolic OH excluding ortho intramolecular Hbond substituents is 1. The van der Waals surface area contributed by atoms with Crippen molar-refractivity contribution in [2.24, 2.45) is 10.1 Å². The largest absolute Gasteiger partial charge is 0.507 e. The van der Waals surface area contributed by atoms with E-state index in [4.69, 9.17) is 0 Å². The smallest absolute Gasteiger partial charge is 0.253 e. The molecule has 0 aliphatic carbocycles. The van der Waals surface area contributed by atoms with E-state index in [9.17, 15) is 9.90 Å². The van der Waals surface area contributed by atoms with Crippen LogP contribution in [0.25, 0.3) is 10.8 Å². The van der Waals surface area contributed by atoms with Crippen LogP contribution in [0.1, 0.15) is 31.7 Å². The lowest BCUT2D eigenvalue weighted by atomic mass is 10.0. The number of rotatable bonds is 4. The van der Waals surface area contributed by atoms with E-state index in [-0.39, 0.29) is 16.9 Å². The molecule has 0 aromatic heterocycles. The molecule has 2 N–H and O–H groups in total. The van der Waals surface area contributed by atoms with E-state index in [1.807, 2.05) is 30.3 Å². The van der Waals surface area contributed by atoms with Crippen molar-refractivity contribution < 1.29 is 9.90 Å². The predicted octanol–water partition coefficient (Wildman–Crippen LogP) is 3.66. The van der Waals surface area contributed by atoms with Gasteiger partial charge in [-0.1, -0.05) is 61.9 Å². The summed E-state index contributed by atoms with van der Waals surface area (Å²) in [7, 11) is 0. The molecule has 1 atom stereocenters. The molecule has 0 radical (unpaired) electrons. The summed E-state index contributed by atoms with van der Waals surface area (Å²) in [5.41, 5.74) is 3.18. The fraction of sp³-hybridized carbons (Fsp3) is 0.278. The third kappa shape index (κ3) is 3.59. The molecule has 1 unspecified atom stereocenters. The normalized spacial score (nSPS) is 18.0. The number of nitrogens with one attached hydrogen (secondary N) is 1. The number of thioether (sulfide) groups is 1. The Hall–Kier alpha value is -2.34. The van der Waals surface area contributed by atoms with Gasteiger partial charge < -0.3 is 5.11 Å². The number of hydrogen-bond donors (Lipinski definition) is 2. The first kappa shape index (κ1) is 16.5. The average molecular weight is 341 g/mol. The van der Waals surface area contributed by atoms with E-state index in [0.29, 0.717) is 10.7 Å². The number of benzene rings is 2. The lowest BCUT2D eigenvalue weighted by Gasteiger charge is -2.18. The number of carbonyl (C=O) groups is 1. The number of nitrogens with zero attached hydrogens (tertiary/aromatic N) is 2. The molecule has 0 spiro atoms. The second-order valence-electron chi connectivity index (χ2n) is 5.60. The molecule has 0 saturated heterocycles. The molecule has 0 saturated carbocycles. The first-order valence-corrected chi connectivity index (χ1v) is 8.86. The number of phenols is 1. The Morgan fingerprint density at radius 3 is 3.00 bits per heavy atom. The van der Waals surface area contributed by atoms with Gasteiger partial charge in [0.25, 0.3) is 5.91 Å². The van der Waals surface area contributed by atoms with E-state index in [0.717, 1.165) is 30.0 Å². The molecule has 5 nitrogen and oxygen atoms in total. The summed E-state index contributed by atoms with van der Waals surface area (Å²) >= 11 is 1.37. The number of hydrogen-bond acceptors (Lipinski definition) is 5. The Balaban J connectivity index is 1.84. The lowest BCUT2D eigenvalue weighted by molar-refractivity contribution is -0.120. The van der Waals surface area contributed by atoms with E-state index in [1.54, 1.807) is 12.3 Å². The highest BCUT2D eigenvalue weighted by atomic mass is 32.2. The minimum atomic E-state index is -0.157. The molecule has 1 aliphatic rings. The van der Waals surface area contributed by atoms with Crippen molar-refractivity contribution in [2.45, 2.75) is 31.4 Å². The van der Waals surface area contributed by atoms with Gasteiger partial charge in [-0.25, -0.2) is 10.4 Å². The van der Waals surface area contributed by atoms with Crippen LogP contribution in [0.15, 0.2) is 46.5 Å². The highest BCUT2D eigenvalue weighted by molar-refractivity contribution is 8.15. The van der Waals surface area contributed by atoms with Crippen LogP contribution < -0.4 is 5.43 Å². The number of amides is 1. The van der Waals surface area contributed by atoms with Gasteiger partial charge in [0, 0.05) is 11.8 Å². The third-order valence-corrected chi connectivity index (χ3v) is 5.02. The van der Waals surface area contributed by atoms with E-state index >= 15 is 0 Å². The van der Waals surface area contributed by atoms with Crippen molar-refractivity contribution >= 4 is 39.8 Å². The standard InChI is InChI=1S/C18H19N3O2S/c1-2-3-8-16-17(23)20-21-18(24-16)19-11-14-13-7-5-4-6-12(13)9-10-15(14)22/h4-7,9-11,16,22H,2-3,8H2,1H3,(H,20,23)/b19-11+. The Kier molecular flexibility index (Phi) is 5.15. The topological polar surface area (TPSA) is 74.1 Å². The molecular formula is C18H19N3O2S. The second-order valence-corrected chi connectivity index (χ2v) is 6.77. The summed E-state index contributed by atoms with van der Waals surface area (Å²) in [6.45, 7) is 2.10. The molecule has 1 aliphatic heterocycles. The number of hydrazone groups is 1. The van der Waals surface area contributed by atoms with E-state index in [2.05, 4.69) is 22.4 Å². The number of amidine groups is 1. The summed E-state index contributed by atoms with van der Waals surface area (Å²) in [5, 5.41) is 16.4. The second kappa shape index (κ2) is 7.49. The molecule has 0 fully saturated rings. The quantitative estimate of drug-likeness (QED) is 0.834. The molecule has 124 valence electrons. The van der Waals surface area contributed by atoms with Crippen LogP contribution in [0.2, 0.25) is 0 Å². The minimum absolute atomic E-state index is 0.0691. The summed E-state index contributed by atoms with van der Waals surface area (Å²) in [5.74, 6) is 0.103. The Morgan fingerprint density at radius 1 is 1.33 bits per heavy atom. The minimum Gasteiger partial charge on any atom is -0.507 e. The van der Waals surface area contributed by atoms with Crippen molar-refractivity contribution in [3.63, 3.8) is 0 Å². The first-order chi connectivity index (χ1) is 11.7. The van der Waals surface area contributed by atoms with E-state index < -0.39 is 0 Å². The van der Waals surface area contributed by atoms with Gasteiger partial charge in [0.15, 0.2) is 0 Å². The summed E-state index contributed by atoms with van der Waals surface area (Å²) in [4.78, 5) is 16.2. The number of aromatic hydroxyl groups is 1. The van der Waals surface area contributed by atoms with Gasteiger partial charge in [0.1, 0.15) is 5.75 Å². The van der Waals surface area contributed by atoms with Crippen molar-refractivity contribution in [1.29, 1.82) is 0 Å². The molecule has 0 bridgehead atoms. The summed E-state index contributed by atoms with van der Waals surface area (Å²) < 4.78 is 0. The molecule has 2 aromatic rings. The number of aliphatic imine (C=N–C) groups is 1. The SMILES string of the molecule is CCCCC1SC(/N=C/c2c(O)ccc3ccccc23)=NNC1=O. The Labute approximate surface area is 144 Å².